The molecule has 2 aromatic carbocycles. The van der Waals surface area contributed by atoms with E-state index in [4.69, 9.17) is 11.5 Å². The maximum absolute atomic E-state index is 12.8. The van der Waals surface area contributed by atoms with Crippen molar-refractivity contribution in [1.82, 2.24) is 0 Å². The lowest BCUT2D eigenvalue weighted by Crippen LogP contribution is -2.39. The van der Waals surface area contributed by atoms with E-state index < -0.39 is 0 Å². The first-order chi connectivity index (χ1) is 10.1. The Kier molecular flexibility index (Phi) is 3.29. The van der Waals surface area contributed by atoms with Gasteiger partial charge in [-0.05, 0) is 42.2 Å². The van der Waals surface area contributed by atoms with E-state index in [0.717, 1.165) is 12.1 Å². The number of rotatable bonds is 1. The number of anilines is 3. The average molecular weight is 281 g/mol. The molecule has 0 bridgehead atoms. The van der Waals surface area contributed by atoms with Gasteiger partial charge in [-0.25, -0.2) is 0 Å². The molecule has 1 amide bonds. The molecule has 0 aromatic heterocycles. The van der Waals surface area contributed by atoms with Crippen LogP contribution in [-0.2, 0) is 6.42 Å². The van der Waals surface area contributed by atoms with Gasteiger partial charge >= 0.3 is 0 Å². The van der Waals surface area contributed by atoms with Gasteiger partial charge in [0.15, 0.2) is 0 Å². The number of nitrogen functional groups attached to an aromatic ring is 2. The van der Waals surface area contributed by atoms with E-state index in [-0.39, 0.29) is 5.91 Å². The third kappa shape index (κ3) is 2.44. The highest BCUT2D eigenvalue weighted by Gasteiger charge is 2.27. The van der Waals surface area contributed by atoms with Crippen molar-refractivity contribution >= 4 is 23.0 Å². The summed E-state index contributed by atoms with van der Waals surface area (Å²) in [6, 6.07) is 13.1. The summed E-state index contributed by atoms with van der Waals surface area (Å²) in [6.45, 7) is 2.86. The van der Waals surface area contributed by atoms with Crippen LogP contribution in [0.2, 0.25) is 0 Å². The zero-order valence-corrected chi connectivity index (χ0v) is 12.0. The minimum absolute atomic E-state index is 0.0634. The predicted octanol–water partition coefficient (Wildman–Crippen LogP) is 2.69. The van der Waals surface area contributed by atoms with Crippen molar-refractivity contribution in [1.29, 1.82) is 0 Å². The Balaban J connectivity index is 2.02. The molecule has 3 rings (SSSR count). The van der Waals surface area contributed by atoms with E-state index in [1.807, 2.05) is 23.1 Å². The molecular weight excluding hydrogens is 262 g/mol. The Morgan fingerprint density at radius 3 is 2.71 bits per heavy atom. The molecule has 4 nitrogen and oxygen atoms in total. The number of amides is 1. The van der Waals surface area contributed by atoms with Gasteiger partial charge in [-0.3, -0.25) is 4.79 Å². The van der Waals surface area contributed by atoms with Crippen LogP contribution in [-0.4, -0.2) is 12.5 Å². The van der Waals surface area contributed by atoms with Crippen molar-refractivity contribution in [2.24, 2.45) is 5.92 Å². The Bertz CT molecular complexity index is 696. The lowest BCUT2D eigenvalue weighted by atomic mass is 9.93. The number of carbonyl (C=O) groups is 1. The minimum Gasteiger partial charge on any atom is -0.399 e. The molecular formula is C17H19N3O. The molecule has 2 aromatic rings. The van der Waals surface area contributed by atoms with Crippen LogP contribution in [0, 0.1) is 5.92 Å². The number of nitrogens with two attached hydrogens (primary N) is 2. The number of para-hydroxylation sites is 1. The lowest BCUT2D eigenvalue weighted by molar-refractivity contribution is 0.0982. The Morgan fingerprint density at radius 2 is 1.95 bits per heavy atom. The number of hydrogen-bond acceptors (Lipinski definition) is 3. The summed E-state index contributed by atoms with van der Waals surface area (Å²) in [5.74, 6) is 0.366. The third-order valence-corrected chi connectivity index (χ3v) is 3.90. The maximum Gasteiger partial charge on any atom is 0.260 e. The van der Waals surface area contributed by atoms with Gasteiger partial charge in [-0.15, -0.1) is 0 Å². The van der Waals surface area contributed by atoms with Crippen molar-refractivity contribution < 1.29 is 4.79 Å². The van der Waals surface area contributed by atoms with Gasteiger partial charge < -0.3 is 16.4 Å². The van der Waals surface area contributed by atoms with E-state index in [1.165, 1.54) is 5.56 Å². The molecule has 0 saturated heterocycles. The van der Waals surface area contributed by atoms with Crippen LogP contribution in [0.4, 0.5) is 17.1 Å². The first-order valence-corrected chi connectivity index (χ1v) is 7.11. The van der Waals surface area contributed by atoms with Crippen molar-refractivity contribution in [3.8, 4) is 0 Å². The normalized spacial score (nSPS) is 17.4. The van der Waals surface area contributed by atoms with Crippen molar-refractivity contribution in [3.05, 3.63) is 53.6 Å². The molecule has 4 heteroatoms. The van der Waals surface area contributed by atoms with Gasteiger partial charge in [0.2, 0.25) is 0 Å². The largest absolute Gasteiger partial charge is 0.399 e. The van der Waals surface area contributed by atoms with Crippen LogP contribution in [0.5, 0.6) is 0 Å². The standard InChI is InChI=1S/C17H19N3O/c1-11-8-12-4-2-3-5-16(12)20(10-11)17(21)14-7-6-13(18)9-15(14)19/h2-7,9,11H,8,10,18-19H2,1H3. The molecule has 4 N–H and O–H groups in total. The fourth-order valence-electron chi connectivity index (χ4n) is 2.91. The quantitative estimate of drug-likeness (QED) is 0.789. The first kappa shape index (κ1) is 13.5. The molecule has 1 unspecified atom stereocenters. The molecule has 0 radical (unpaired) electrons. The van der Waals surface area contributed by atoms with Crippen LogP contribution in [0.25, 0.3) is 0 Å². The summed E-state index contributed by atoms with van der Waals surface area (Å²) in [5, 5.41) is 0. The summed E-state index contributed by atoms with van der Waals surface area (Å²) >= 11 is 0. The second-order valence-corrected chi connectivity index (χ2v) is 5.70. The molecule has 0 aliphatic carbocycles. The van der Waals surface area contributed by atoms with Crippen LogP contribution < -0.4 is 16.4 Å². The van der Waals surface area contributed by atoms with E-state index >= 15 is 0 Å². The number of hydrogen-bond donors (Lipinski definition) is 2. The highest BCUT2D eigenvalue weighted by atomic mass is 16.2. The summed E-state index contributed by atoms with van der Waals surface area (Å²) in [7, 11) is 0. The number of nitrogens with zero attached hydrogens (tertiary/aromatic N) is 1. The highest BCUT2D eigenvalue weighted by molar-refractivity contribution is 6.10. The van der Waals surface area contributed by atoms with Gasteiger partial charge in [0.25, 0.3) is 5.91 Å². The number of carbonyl (C=O) groups excluding carboxylic acids is 1. The van der Waals surface area contributed by atoms with Crippen LogP contribution in [0.3, 0.4) is 0 Å². The summed E-state index contributed by atoms with van der Waals surface area (Å²) in [4.78, 5) is 14.7. The molecule has 0 saturated carbocycles. The fourth-order valence-corrected chi connectivity index (χ4v) is 2.91. The smallest absolute Gasteiger partial charge is 0.260 e. The minimum atomic E-state index is -0.0634. The second-order valence-electron chi connectivity index (χ2n) is 5.70. The average Bonchev–Trinajstić information content (AvgIpc) is 2.45. The van der Waals surface area contributed by atoms with Crippen molar-refractivity contribution in [2.75, 3.05) is 22.9 Å². The van der Waals surface area contributed by atoms with E-state index in [1.54, 1.807) is 18.2 Å². The van der Waals surface area contributed by atoms with Crippen LogP contribution in [0.1, 0.15) is 22.8 Å². The van der Waals surface area contributed by atoms with Crippen LogP contribution >= 0.6 is 0 Å². The number of fused-ring (bicyclic) bond motifs is 1. The van der Waals surface area contributed by atoms with Gasteiger partial charge in [0.1, 0.15) is 0 Å². The van der Waals surface area contributed by atoms with Crippen molar-refractivity contribution in [2.45, 2.75) is 13.3 Å². The monoisotopic (exact) mass is 281 g/mol. The topological polar surface area (TPSA) is 72.3 Å². The molecule has 0 spiro atoms. The summed E-state index contributed by atoms with van der Waals surface area (Å²) in [5.41, 5.74) is 15.3. The van der Waals surface area contributed by atoms with Gasteiger partial charge in [0.05, 0.1) is 5.56 Å². The third-order valence-electron chi connectivity index (χ3n) is 3.90. The molecule has 0 fully saturated rings. The lowest BCUT2D eigenvalue weighted by Gasteiger charge is -2.33. The van der Waals surface area contributed by atoms with Crippen molar-refractivity contribution in [3.63, 3.8) is 0 Å². The molecule has 21 heavy (non-hydrogen) atoms. The molecule has 1 aliphatic heterocycles. The molecule has 1 heterocycles. The van der Waals surface area contributed by atoms with Crippen LogP contribution in [0.15, 0.2) is 42.5 Å². The Labute approximate surface area is 124 Å². The Hall–Kier alpha value is -2.49. The maximum atomic E-state index is 12.8. The van der Waals surface area contributed by atoms with E-state index in [9.17, 15) is 4.79 Å². The fraction of sp³-hybridized carbons (Fsp3) is 0.235. The summed E-state index contributed by atoms with van der Waals surface area (Å²) in [6.07, 6.45) is 0.997. The Morgan fingerprint density at radius 1 is 1.19 bits per heavy atom. The summed E-state index contributed by atoms with van der Waals surface area (Å²) < 4.78 is 0. The van der Waals surface area contributed by atoms with Gasteiger partial charge in [-0.1, -0.05) is 25.1 Å². The van der Waals surface area contributed by atoms with Gasteiger partial charge in [-0.2, -0.15) is 0 Å². The first-order valence-electron chi connectivity index (χ1n) is 7.11. The van der Waals surface area contributed by atoms with E-state index in [0.29, 0.717) is 29.4 Å². The van der Waals surface area contributed by atoms with Gasteiger partial charge in [0, 0.05) is 23.6 Å². The second kappa shape index (κ2) is 5.13. The predicted molar refractivity (Wildman–Crippen MR) is 86.3 cm³/mol. The zero-order valence-electron chi connectivity index (χ0n) is 12.0. The van der Waals surface area contributed by atoms with E-state index in [2.05, 4.69) is 13.0 Å². The zero-order chi connectivity index (χ0) is 15.0. The highest BCUT2D eigenvalue weighted by Crippen LogP contribution is 2.31. The molecule has 108 valence electrons. The SMILES string of the molecule is CC1Cc2ccccc2N(C(=O)c2ccc(N)cc2N)C1. The molecule has 1 atom stereocenters. The number of benzene rings is 2. The molecule has 1 aliphatic rings.